The first-order chi connectivity index (χ1) is 12.9. The third-order valence-electron chi connectivity index (χ3n) is 4.11. The van der Waals surface area contributed by atoms with Crippen LogP contribution in [0, 0.1) is 6.92 Å². The number of hydrogen-bond donors (Lipinski definition) is 1. The molecule has 1 aromatic carbocycles. The van der Waals surface area contributed by atoms with Crippen molar-refractivity contribution in [2.45, 2.75) is 26.8 Å². The molecule has 3 rings (SSSR count). The fourth-order valence-corrected chi connectivity index (χ4v) is 3.07. The van der Waals surface area contributed by atoms with Gasteiger partial charge in [0.25, 0.3) is 5.56 Å². The lowest BCUT2D eigenvalue weighted by atomic mass is 10.0. The number of halogens is 1. The number of esters is 1. The summed E-state index contributed by atoms with van der Waals surface area (Å²) >= 11 is 6.48. The molecule has 0 amide bonds. The van der Waals surface area contributed by atoms with E-state index in [1.165, 1.54) is 17.9 Å². The van der Waals surface area contributed by atoms with Gasteiger partial charge in [-0.2, -0.15) is 5.10 Å². The van der Waals surface area contributed by atoms with Crippen LogP contribution < -0.4 is 5.56 Å². The molecule has 0 unspecified atom stereocenters. The molecule has 2 heterocycles. The van der Waals surface area contributed by atoms with Crippen molar-refractivity contribution in [2.75, 3.05) is 7.11 Å². The van der Waals surface area contributed by atoms with E-state index in [1.54, 1.807) is 13.1 Å². The summed E-state index contributed by atoms with van der Waals surface area (Å²) in [4.78, 5) is 30.6. The first-order valence-electron chi connectivity index (χ1n) is 8.42. The molecule has 0 atom stereocenters. The number of ether oxygens (including phenoxy) is 1. The molecule has 0 spiro atoms. The van der Waals surface area contributed by atoms with Gasteiger partial charge in [0.05, 0.1) is 17.8 Å². The molecule has 0 bridgehead atoms. The molecule has 0 fully saturated rings. The van der Waals surface area contributed by atoms with Crippen LogP contribution in [0.1, 0.15) is 18.3 Å². The van der Waals surface area contributed by atoms with E-state index in [0.29, 0.717) is 33.4 Å². The molecule has 0 saturated carbocycles. The van der Waals surface area contributed by atoms with Crippen molar-refractivity contribution in [3.63, 3.8) is 0 Å². The Kier molecular flexibility index (Phi) is 5.41. The third kappa shape index (κ3) is 4.09. The predicted octanol–water partition coefficient (Wildman–Crippen LogP) is 3.00. The highest BCUT2D eigenvalue weighted by atomic mass is 35.5. The van der Waals surface area contributed by atoms with Crippen molar-refractivity contribution >= 4 is 17.6 Å². The molecule has 3 aromatic rings. The number of aromatic nitrogens is 4. The van der Waals surface area contributed by atoms with E-state index in [1.807, 2.05) is 25.1 Å². The van der Waals surface area contributed by atoms with Crippen LogP contribution in [-0.4, -0.2) is 32.8 Å². The molecule has 0 aliphatic rings. The predicted molar refractivity (Wildman–Crippen MR) is 103 cm³/mol. The summed E-state index contributed by atoms with van der Waals surface area (Å²) in [5.41, 5.74) is 3.15. The molecule has 27 heavy (non-hydrogen) atoms. The van der Waals surface area contributed by atoms with Gasteiger partial charge in [0.15, 0.2) is 0 Å². The Morgan fingerprint density at radius 2 is 2.07 bits per heavy atom. The zero-order valence-electron chi connectivity index (χ0n) is 15.2. The Bertz CT molecular complexity index is 1060. The summed E-state index contributed by atoms with van der Waals surface area (Å²) in [6.07, 6.45) is 2.52. The fraction of sp³-hybridized carbons (Fsp3) is 0.263. The second-order valence-electron chi connectivity index (χ2n) is 6.05. The van der Waals surface area contributed by atoms with Gasteiger partial charge < -0.3 is 9.72 Å². The van der Waals surface area contributed by atoms with Crippen LogP contribution in [0.25, 0.3) is 22.5 Å². The van der Waals surface area contributed by atoms with E-state index in [-0.39, 0.29) is 12.1 Å². The van der Waals surface area contributed by atoms with E-state index in [4.69, 9.17) is 16.3 Å². The summed E-state index contributed by atoms with van der Waals surface area (Å²) in [6, 6.07) is 7.14. The Morgan fingerprint density at radius 3 is 2.70 bits per heavy atom. The van der Waals surface area contributed by atoms with E-state index in [2.05, 4.69) is 15.1 Å². The van der Waals surface area contributed by atoms with Crippen LogP contribution in [0.4, 0.5) is 0 Å². The zero-order chi connectivity index (χ0) is 19.6. The number of rotatable bonds is 5. The second-order valence-corrected chi connectivity index (χ2v) is 6.46. The molecule has 1 N–H and O–H groups in total. The van der Waals surface area contributed by atoms with Crippen molar-refractivity contribution in [1.82, 2.24) is 19.7 Å². The normalized spacial score (nSPS) is 10.8. The first kappa shape index (κ1) is 18.8. The van der Waals surface area contributed by atoms with Crippen molar-refractivity contribution in [2.24, 2.45) is 0 Å². The Hall–Kier alpha value is -2.93. The summed E-state index contributed by atoms with van der Waals surface area (Å²) in [6.45, 7) is 3.69. The molecular weight excluding hydrogens is 368 g/mol. The minimum Gasteiger partial charge on any atom is -0.468 e. The molecular formula is C19H19ClN4O3. The lowest BCUT2D eigenvalue weighted by molar-refractivity contribution is -0.141. The van der Waals surface area contributed by atoms with E-state index in [9.17, 15) is 9.59 Å². The number of methoxy groups -OCH3 is 1. The van der Waals surface area contributed by atoms with Crippen molar-refractivity contribution in [3.8, 4) is 22.5 Å². The van der Waals surface area contributed by atoms with Gasteiger partial charge in [0.1, 0.15) is 18.1 Å². The smallest absolute Gasteiger partial charge is 0.327 e. The Labute approximate surface area is 161 Å². The Morgan fingerprint density at radius 1 is 1.30 bits per heavy atom. The molecule has 0 saturated heterocycles. The van der Waals surface area contributed by atoms with Gasteiger partial charge in [0, 0.05) is 23.4 Å². The maximum Gasteiger partial charge on any atom is 0.327 e. The number of carbonyl (C=O) groups is 1. The van der Waals surface area contributed by atoms with Gasteiger partial charge in [0.2, 0.25) is 0 Å². The van der Waals surface area contributed by atoms with E-state index in [0.717, 1.165) is 12.0 Å². The summed E-state index contributed by atoms with van der Waals surface area (Å²) < 4.78 is 6.17. The third-order valence-corrected chi connectivity index (χ3v) is 4.43. The number of hydrogen-bond acceptors (Lipinski definition) is 5. The number of carbonyl (C=O) groups excluding carboxylic acids is 1. The average molecular weight is 387 g/mol. The highest BCUT2D eigenvalue weighted by Crippen LogP contribution is 2.34. The lowest BCUT2D eigenvalue weighted by Gasteiger charge is -2.07. The Balaban J connectivity index is 2.19. The highest BCUT2D eigenvalue weighted by Gasteiger charge is 2.19. The number of aromatic amines is 1. The summed E-state index contributed by atoms with van der Waals surface area (Å²) in [5, 5.41) is 5.04. The number of nitrogens with zero attached hydrogens (tertiary/aromatic N) is 3. The molecule has 140 valence electrons. The fourth-order valence-electron chi connectivity index (χ4n) is 2.77. The van der Waals surface area contributed by atoms with Gasteiger partial charge in [-0.25, -0.2) is 4.98 Å². The maximum absolute atomic E-state index is 11.9. The lowest BCUT2D eigenvalue weighted by Crippen LogP contribution is -2.11. The monoisotopic (exact) mass is 386 g/mol. The number of aryl methyl sites for hydroxylation is 2. The molecule has 0 aliphatic heterocycles. The molecule has 7 nitrogen and oxygen atoms in total. The second kappa shape index (κ2) is 7.75. The minimum atomic E-state index is -0.432. The van der Waals surface area contributed by atoms with Crippen LogP contribution in [0.15, 0.2) is 35.3 Å². The van der Waals surface area contributed by atoms with Crippen molar-refractivity contribution in [3.05, 3.63) is 57.2 Å². The standard InChI is InChI=1S/C19H19ClN4O3/c1-4-12-5-6-13(15(20)7-12)19-14(9-24(23-19)10-18(26)27-3)16-8-17(25)22-11(2)21-16/h5-9H,4,10H2,1-3H3,(H,21,22,25). The van der Waals surface area contributed by atoms with E-state index < -0.39 is 5.97 Å². The molecule has 0 aliphatic carbocycles. The van der Waals surface area contributed by atoms with Gasteiger partial charge in [-0.15, -0.1) is 0 Å². The SMILES string of the molecule is CCc1ccc(-c2nn(CC(=O)OC)cc2-c2cc(=O)[nH]c(C)n2)c(Cl)c1. The van der Waals surface area contributed by atoms with Gasteiger partial charge in [-0.1, -0.05) is 30.7 Å². The van der Waals surface area contributed by atoms with Gasteiger partial charge in [-0.3, -0.25) is 14.3 Å². The van der Waals surface area contributed by atoms with E-state index >= 15 is 0 Å². The maximum atomic E-state index is 11.9. The molecule has 0 radical (unpaired) electrons. The quantitative estimate of drug-likeness (QED) is 0.681. The number of H-pyrrole nitrogens is 1. The van der Waals surface area contributed by atoms with Crippen molar-refractivity contribution in [1.29, 1.82) is 0 Å². The van der Waals surface area contributed by atoms with Gasteiger partial charge >= 0.3 is 5.97 Å². The minimum absolute atomic E-state index is 0.0592. The highest BCUT2D eigenvalue weighted by molar-refractivity contribution is 6.33. The largest absolute Gasteiger partial charge is 0.468 e. The molecule has 8 heteroatoms. The van der Waals surface area contributed by atoms with Crippen LogP contribution in [-0.2, 0) is 22.5 Å². The van der Waals surface area contributed by atoms with Crippen LogP contribution in [0.3, 0.4) is 0 Å². The van der Waals surface area contributed by atoms with Crippen molar-refractivity contribution < 1.29 is 9.53 Å². The molecule has 2 aromatic heterocycles. The zero-order valence-corrected chi connectivity index (χ0v) is 16.0. The van der Waals surface area contributed by atoms with Gasteiger partial charge in [-0.05, 0) is 25.0 Å². The number of benzene rings is 1. The number of nitrogens with one attached hydrogen (secondary N) is 1. The van der Waals surface area contributed by atoms with Crippen LogP contribution in [0.2, 0.25) is 5.02 Å². The average Bonchev–Trinajstić information content (AvgIpc) is 3.04. The topological polar surface area (TPSA) is 89.9 Å². The van der Waals surface area contributed by atoms with Crippen LogP contribution in [0.5, 0.6) is 0 Å². The summed E-state index contributed by atoms with van der Waals surface area (Å²) in [5.74, 6) is 0.0506. The van der Waals surface area contributed by atoms with Crippen LogP contribution >= 0.6 is 11.6 Å². The first-order valence-corrected chi connectivity index (χ1v) is 8.80. The summed E-state index contributed by atoms with van der Waals surface area (Å²) in [7, 11) is 1.32.